The highest BCUT2D eigenvalue weighted by Gasteiger charge is 2.21. The number of aromatic nitrogens is 1. The zero-order valence-corrected chi connectivity index (χ0v) is 32.4. The van der Waals surface area contributed by atoms with Crippen LogP contribution in [0.2, 0.25) is 0 Å². The average Bonchev–Trinajstić information content (AvgIpc) is 3.84. The second kappa shape index (κ2) is 14.3. The van der Waals surface area contributed by atoms with Gasteiger partial charge in [-0.05, 0) is 114 Å². The van der Waals surface area contributed by atoms with Gasteiger partial charge in [0.15, 0.2) is 0 Å². The van der Waals surface area contributed by atoms with Crippen LogP contribution in [0.15, 0.2) is 224 Å². The van der Waals surface area contributed by atoms with Crippen LogP contribution in [0, 0.1) is 0 Å². The third-order valence-electron chi connectivity index (χ3n) is 11.2. The van der Waals surface area contributed by atoms with E-state index in [0.29, 0.717) is 0 Å². The Kier molecular flexibility index (Phi) is 8.34. The van der Waals surface area contributed by atoms with Crippen LogP contribution in [-0.2, 0) is 0 Å². The maximum absolute atomic E-state index is 2.44. The summed E-state index contributed by atoms with van der Waals surface area (Å²) in [6, 6.07) is 80.8. The van der Waals surface area contributed by atoms with Crippen LogP contribution < -0.4 is 9.80 Å². The van der Waals surface area contributed by atoms with Crippen molar-refractivity contribution in [1.82, 2.24) is 4.57 Å². The number of para-hydroxylation sites is 4. The van der Waals surface area contributed by atoms with Gasteiger partial charge in [0.2, 0.25) is 0 Å². The molecule has 0 amide bonds. The molecule has 0 spiro atoms. The Labute approximate surface area is 341 Å². The minimum absolute atomic E-state index is 1.12. The fraction of sp³-hybridized carbons (Fsp3) is 0. The number of benzene rings is 9. The molecular formula is C54H37N3S. The molecule has 58 heavy (non-hydrogen) atoms. The van der Waals surface area contributed by atoms with E-state index in [1.54, 1.807) is 0 Å². The molecule has 274 valence electrons. The largest absolute Gasteiger partial charge is 0.311 e. The van der Waals surface area contributed by atoms with Crippen molar-refractivity contribution in [1.29, 1.82) is 0 Å². The molecule has 9 aromatic carbocycles. The van der Waals surface area contributed by atoms with Crippen LogP contribution in [0.5, 0.6) is 0 Å². The van der Waals surface area contributed by atoms with Crippen molar-refractivity contribution in [2.45, 2.75) is 0 Å². The van der Waals surface area contributed by atoms with Gasteiger partial charge in [-0.3, -0.25) is 0 Å². The van der Waals surface area contributed by atoms with E-state index in [0.717, 1.165) is 39.8 Å². The van der Waals surface area contributed by atoms with E-state index in [1.807, 2.05) is 11.3 Å². The molecule has 0 atom stereocenters. The molecule has 2 aromatic heterocycles. The fourth-order valence-electron chi connectivity index (χ4n) is 8.50. The number of anilines is 6. The first-order chi connectivity index (χ1) is 28.8. The smallest absolute Gasteiger partial charge is 0.0555 e. The summed E-state index contributed by atoms with van der Waals surface area (Å²) in [5.74, 6) is 0. The van der Waals surface area contributed by atoms with E-state index in [1.165, 1.54) is 53.1 Å². The lowest BCUT2D eigenvalue weighted by molar-refractivity contribution is 1.18. The van der Waals surface area contributed by atoms with Crippen LogP contribution in [0.4, 0.5) is 34.1 Å². The van der Waals surface area contributed by atoms with Crippen molar-refractivity contribution < 1.29 is 0 Å². The Morgan fingerprint density at radius 2 is 0.776 bits per heavy atom. The lowest BCUT2D eigenvalue weighted by Gasteiger charge is -2.25. The van der Waals surface area contributed by atoms with Crippen molar-refractivity contribution in [2.24, 2.45) is 0 Å². The molecule has 11 rings (SSSR count). The van der Waals surface area contributed by atoms with E-state index in [-0.39, 0.29) is 0 Å². The summed E-state index contributed by atoms with van der Waals surface area (Å²) in [6.07, 6.45) is 0. The first-order valence-electron chi connectivity index (χ1n) is 19.7. The first-order valence-corrected chi connectivity index (χ1v) is 20.5. The summed E-state index contributed by atoms with van der Waals surface area (Å²) >= 11 is 1.89. The summed E-state index contributed by atoms with van der Waals surface area (Å²) in [6.45, 7) is 0. The van der Waals surface area contributed by atoms with E-state index in [9.17, 15) is 0 Å². The van der Waals surface area contributed by atoms with Gasteiger partial charge in [-0.25, -0.2) is 0 Å². The molecule has 0 radical (unpaired) electrons. The van der Waals surface area contributed by atoms with Crippen molar-refractivity contribution in [3.05, 3.63) is 224 Å². The standard InChI is InChI=1S/C54H37N3S/c1-5-15-40(16-6-1)55(41-17-7-2-8-18-41)44-29-25-38(26-30-44)39-27-31-45(32-28-39)57-50-35-33-46(56(42-19-9-3-10-20-42)43-21-11-4-12-22-43)37-49(50)53-51(57)36-34-48-47-23-13-14-24-52(47)58-54(48)53/h1-37H. The normalized spacial score (nSPS) is 11.4. The quantitative estimate of drug-likeness (QED) is 0.153. The maximum Gasteiger partial charge on any atom is 0.0555 e. The van der Waals surface area contributed by atoms with Crippen LogP contribution in [0.1, 0.15) is 0 Å². The second-order valence-corrected chi connectivity index (χ2v) is 15.6. The average molecular weight is 760 g/mol. The van der Waals surface area contributed by atoms with Gasteiger partial charge in [-0.2, -0.15) is 0 Å². The predicted molar refractivity (Wildman–Crippen MR) is 248 cm³/mol. The summed E-state index contributed by atoms with van der Waals surface area (Å²) in [4.78, 5) is 4.65. The number of fused-ring (bicyclic) bond motifs is 7. The van der Waals surface area contributed by atoms with E-state index in [2.05, 4.69) is 239 Å². The number of hydrogen-bond acceptors (Lipinski definition) is 3. The number of rotatable bonds is 8. The molecule has 0 fully saturated rings. The minimum atomic E-state index is 1.12. The van der Waals surface area contributed by atoms with Crippen molar-refractivity contribution >= 4 is 87.4 Å². The molecule has 0 N–H and O–H groups in total. The molecular weight excluding hydrogens is 723 g/mol. The van der Waals surface area contributed by atoms with Crippen LogP contribution in [0.3, 0.4) is 0 Å². The van der Waals surface area contributed by atoms with E-state index >= 15 is 0 Å². The molecule has 0 unspecified atom stereocenters. The van der Waals surface area contributed by atoms with Gasteiger partial charge >= 0.3 is 0 Å². The Morgan fingerprint density at radius 3 is 1.34 bits per heavy atom. The Hall–Kier alpha value is -7.40. The molecule has 2 heterocycles. The summed E-state index contributed by atoms with van der Waals surface area (Å²) in [5, 5.41) is 5.14. The molecule has 0 bridgehead atoms. The maximum atomic E-state index is 2.44. The monoisotopic (exact) mass is 759 g/mol. The molecule has 0 aliphatic carbocycles. The molecule has 0 saturated heterocycles. The van der Waals surface area contributed by atoms with Crippen molar-refractivity contribution in [3.8, 4) is 16.8 Å². The van der Waals surface area contributed by atoms with Crippen molar-refractivity contribution in [2.75, 3.05) is 9.80 Å². The highest BCUT2D eigenvalue weighted by Crippen LogP contribution is 2.45. The molecule has 0 aliphatic rings. The summed E-state index contributed by atoms with van der Waals surface area (Å²) in [7, 11) is 0. The second-order valence-electron chi connectivity index (χ2n) is 14.6. The summed E-state index contributed by atoms with van der Waals surface area (Å²) in [5.41, 5.74) is 12.6. The highest BCUT2D eigenvalue weighted by atomic mass is 32.1. The zero-order chi connectivity index (χ0) is 38.4. The third kappa shape index (κ3) is 5.82. The molecule has 0 aliphatic heterocycles. The molecule has 11 aromatic rings. The number of hydrogen-bond donors (Lipinski definition) is 0. The number of nitrogens with zero attached hydrogens (tertiary/aromatic N) is 3. The van der Waals surface area contributed by atoms with Crippen LogP contribution >= 0.6 is 11.3 Å². The van der Waals surface area contributed by atoms with Crippen LogP contribution in [-0.4, -0.2) is 4.57 Å². The van der Waals surface area contributed by atoms with Gasteiger partial charge < -0.3 is 14.4 Å². The zero-order valence-electron chi connectivity index (χ0n) is 31.6. The minimum Gasteiger partial charge on any atom is -0.311 e. The highest BCUT2D eigenvalue weighted by molar-refractivity contribution is 7.26. The SMILES string of the molecule is c1ccc(N(c2ccccc2)c2ccc(-c3ccc(-n4c5ccc(N(c6ccccc6)c6ccccc6)cc5c5c6sc7ccccc7c6ccc54)cc3)cc2)cc1. The topological polar surface area (TPSA) is 11.4 Å². The fourth-order valence-corrected chi connectivity index (χ4v) is 9.76. The van der Waals surface area contributed by atoms with Crippen molar-refractivity contribution in [3.63, 3.8) is 0 Å². The summed E-state index contributed by atoms with van der Waals surface area (Å²) < 4.78 is 5.07. The Balaban J connectivity index is 1.04. The number of thiophene rings is 1. The third-order valence-corrected chi connectivity index (χ3v) is 12.4. The molecule has 4 heteroatoms. The lowest BCUT2D eigenvalue weighted by Crippen LogP contribution is -2.09. The predicted octanol–water partition coefficient (Wildman–Crippen LogP) is 15.8. The van der Waals surface area contributed by atoms with E-state index < -0.39 is 0 Å². The lowest BCUT2D eigenvalue weighted by atomic mass is 10.0. The van der Waals surface area contributed by atoms with Gasteiger partial charge in [0.25, 0.3) is 0 Å². The van der Waals surface area contributed by atoms with Gasteiger partial charge in [0, 0.05) is 70.8 Å². The van der Waals surface area contributed by atoms with Gasteiger partial charge in [-0.1, -0.05) is 121 Å². The Morgan fingerprint density at radius 1 is 0.328 bits per heavy atom. The molecule has 3 nitrogen and oxygen atoms in total. The van der Waals surface area contributed by atoms with Gasteiger partial charge in [-0.15, -0.1) is 11.3 Å². The first kappa shape index (κ1) is 33.9. The van der Waals surface area contributed by atoms with Crippen LogP contribution in [0.25, 0.3) is 58.8 Å². The van der Waals surface area contributed by atoms with Gasteiger partial charge in [0.05, 0.1) is 11.0 Å². The molecule has 0 saturated carbocycles. The Bertz CT molecular complexity index is 3110. The van der Waals surface area contributed by atoms with E-state index in [4.69, 9.17) is 0 Å². The van der Waals surface area contributed by atoms with Gasteiger partial charge in [0.1, 0.15) is 0 Å².